The second kappa shape index (κ2) is 7.66. The Hall–Kier alpha value is -1.08. The molecule has 1 aromatic rings. The third-order valence-corrected chi connectivity index (χ3v) is 5.30. The minimum absolute atomic E-state index is 0.229. The van der Waals surface area contributed by atoms with Crippen molar-refractivity contribution < 1.29 is 18.7 Å². The first-order valence-corrected chi connectivity index (χ1v) is 9.84. The fourth-order valence-electron chi connectivity index (χ4n) is 3.36. The van der Waals surface area contributed by atoms with E-state index >= 15 is 0 Å². The number of hydrogen-bond acceptors (Lipinski definition) is 5. The van der Waals surface area contributed by atoms with E-state index in [0.717, 1.165) is 55.2 Å². The summed E-state index contributed by atoms with van der Waals surface area (Å²) in [6, 6.07) is 0. The van der Waals surface area contributed by atoms with Crippen LogP contribution in [-0.2, 0) is 9.47 Å². The van der Waals surface area contributed by atoms with E-state index in [2.05, 4.69) is 15.9 Å². The average molecular weight is 415 g/mol. The zero-order valence-electron chi connectivity index (χ0n) is 15.2. The smallest absolute Gasteiger partial charge is 0.410 e. The number of carbonyl (C=O) groups is 1. The molecule has 0 atom stereocenters. The van der Waals surface area contributed by atoms with Gasteiger partial charge in [-0.05, 0) is 62.4 Å². The number of nitrogens with zero attached hydrogens (tertiary/aromatic N) is 2. The van der Waals surface area contributed by atoms with E-state index in [9.17, 15) is 4.79 Å². The molecule has 0 bridgehead atoms. The molecule has 0 spiro atoms. The molecule has 3 rings (SSSR count). The quantitative estimate of drug-likeness (QED) is 0.714. The van der Waals surface area contributed by atoms with Crippen LogP contribution in [0, 0.1) is 0 Å². The minimum Gasteiger partial charge on any atom is -0.444 e. The van der Waals surface area contributed by atoms with Crippen LogP contribution in [0.15, 0.2) is 9.09 Å². The molecule has 0 saturated carbocycles. The molecule has 25 heavy (non-hydrogen) atoms. The highest BCUT2D eigenvalue weighted by atomic mass is 79.9. The Morgan fingerprint density at radius 2 is 1.80 bits per heavy atom. The summed E-state index contributed by atoms with van der Waals surface area (Å²) in [6.45, 7) is 8.59. The van der Waals surface area contributed by atoms with Gasteiger partial charge >= 0.3 is 6.09 Å². The lowest BCUT2D eigenvalue weighted by molar-refractivity contribution is 0.0204. The van der Waals surface area contributed by atoms with E-state index in [0.29, 0.717) is 24.9 Å². The van der Waals surface area contributed by atoms with Crippen LogP contribution in [-0.4, -0.2) is 47.9 Å². The van der Waals surface area contributed by atoms with Gasteiger partial charge in [-0.1, -0.05) is 0 Å². The van der Waals surface area contributed by atoms with Gasteiger partial charge < -0.3 is 18.8 Å². The standard InChI is InChI=1S/C18H27BrN2O4/c1-18(2,3)25-17(22)21-8-4-12(5-9-21)14-15(19)24-16(20-14)13-6-10-23-11-7-13/h12-13H,4-11H2,1-3H3. The van der Waals surface area contributed by atoms with Crippen molar-refractivity contribution in [3.63, 3.8) is 0 Å². The first-order chi connectivity index (χ1) is 11.8. The molecule has 2 saturated heterocycles. The lowest BCUT2D eigenvalue weighted by atomic mass is 9.94. The van der Waals surface area contributed by atoms with Crippen LogP contribution in [0.1, 0.15) is 69.9 Å². The number of ether oxygens (including phenoxy) is 2. The van der Waals surface area contributed by atoms with Crippen molar-refractivity contribution in [1.82, 2.24) is 9.88 Å². The molecule has 2 fully saturated rings. The number of oxazole rings is 1. The summed E-state index contributed by atoms with van der Waals surface area (Å²) in [6.07, 6.45) is 3.44. The summed E-state index contributed by atoms with van der Waals surface area (Å²) >= 11 is 3.54. The highest BCUT2D eigenvalue weighted by Gasteiger charge is 2.31. The van der Waals surface area contributed by atoms with E-state index in [4.69, 9.17) is 18.9 Å². The first-order valence-electron chi connectivity index (χ1n) is 9.05. The van der Waals surface area contributed by atoms with Crippen molar-refractivity contribution in [2.75, 3.05) is 26.3 Å². The van der Waals surface area contributed by atoms with Crippen LogP contribution in [0.25, 0.3) is 0 Å². The van der Waals surface area contributed by atoms with Crippen molar-refractivity contribution in [2.24, 2.45) is 0 Å². The van der Waals surface area contributed by atoms with E-state index in [1.165, 1.54) is 0 Å². The number of hydrogen-bond donors (Lipinski definition) is 0. The predicted molar refractivity (Wildman–Crippen MR) is 96.8 cm³/mol. The molecule has 0 unspecified atom stereocenters. The van der Waals surface area contributed by atoms with Crippen molar-refractivity contribution >= 4 is 22.0 Å². The minimum atomic E-state index is -0.457. The van der Waals surface area contributed by atoms with Gasteiger partial charge in [-0.15, -0.1) is 0 Å². The van der Waals surface area contributed by atoms with Gasteiger partial charge in [-0.2, -0.15) is 0 Å². The normalized spacial score (nSPS) is 20.7. The molecule has 2 aliphatic heterocycles. The number of carbonyl (C=O) groups excluding carboxylic acids is 1. The molecule has 7 heteroatoms. The maximum Gasteiger partial charge on any atom is 0.410 e. The Morgan fingerprint density at radius 1 is 1.16 bits per heavy atom. The van der Waals surface area contributed by atoms with E-state index in [-0.39, 0.29) is 6.09 Å². The number of piperidine rings is 1. The molecule has 3 heterocycles. The Morgan fingerprint density at radius 3 is 2.40 bits per heavy atom. The zero-order valence-corrected chi connectivity index (χ0v) is 16.8. The highest BCUT2D eigenvalue weighted by molar-refractivity contribution is 9.10. The Balaban J connectivity index is 1.59. The Labute approximate surface area is 157 Å². The van der Waals surface area contributed by atoms with E-state index < -0.39 is 5.60 Å². The van der Waals surface area contributed by atoms with Crippen LogP contribution < -0.4 is 0 Å². The predicted octanol–water partition coefficient (Wildman–Crippen LogP) is 4.45. The topological polar surface area (TPSA) is 64.8 Å². The summed E-state index contributed by atoms with van der Waals surface area (Å²) in [5.74, 6) is 1.48. The molecule has 140 valence electrons. The first kappa shape index (κ1) is 18.7. The SMILES string of the molecule is CC(C)(C)OC(=O)N1CCC(c2nc(C3CCOCC3)oc2Br)CC1. The summed E-state index contributed by atoms with van der Waals surface area (Å²) in [4.78, 5) is 18.8. The average Bonchev–Trinajstić information content (AvgIpc) is 2.96. The van der Waals surface area contributed by atoms with Gasteiger partial charge in [0.05, 0.1) is 5.69 Å². The second-order valence-corrected chi connectivity index (χ2v) is 8.56. The van der Waals surface area contributed by atoms with Crippen LogP contribution >= 0.6 is 15.9 Å². The van der Waals surface area contributed by atoms with E-state index in [1.54, 1.807) is 4.90 Å². The van der Waals surface area contributed by atoms with Gasteiger partial charge in [0.15, 0.2) is 10.6 Å². The molecule has 1 amide bonds. The van der Waals surface area contributed by atoms with Gasteiger partial charge in [0.25, 0.3) is 0 Å². The fraction of sp³-hybridized carbons (Fsp3) is 0.778. The van der Waals surface area contributed by atoms with Crippen LogP contribution in [0.4, 0.5) is 4.79 Å². The van der Waals surface area contributed by atoms with Crippen molar-refractivity contribution in [1.29, 1.82) is 0 Å². The van der Waals surface area contributed by atoms with Gasteiger partial charge in [0.2, 0.25) is 0 Å². The van der Waals surface area contributed by atoms with Crippen molar-refractivity contribution in [3.8, 4) is 0 Å². The maximum absolute atomic E-state index is 12.2. The molecule has 0 aliphatic carbocycles. The van der Waals surface area contributed by atoms with Crippen molar-refractivity contribution in [3.05, 3.63) is 16.3 Å². The van der Waals surface area contributed by atoms with E-state index in [1.807, 2.05) is 20.8 Å². The lowest BCUT2D eigenvalue weighted by Gasteiger charge is -2.32. The molecule has 0 radical (unpaired) electrons. The molecular formula is C18H27BrN2O4. The molecular weight excluding hydrogens is 388 g/mol. The number of amides is 1. The van der Waals surface area contributed by atoms with Gasteiger partial charge in [-0.25, -0.2) is 9.78 Å². The third-order valence-electron chi connectivity index (χ3n) is 4.73. The monoisotopic (exact) mass is 414 g/mol. The molecule has 0 aromatic carbocycles. The summed E-state index contributed by atoms with van der Waals surface area (Å²) in [7, 11) is 0. The highest BCUT2D eigenvalue weighted by Crippen LogP contribution is 2.36. The number of aromatic nitrogens is 1. The lowest BCUT2D eigenvalue weighted by Crippen LogP contribution is -2.41. The van der Waals surface area contributed by atoms with Crippen molar-refractivity contribution in [2.45, 2.75) is 63.9 Å². The maximum atomic E-state index is 12.2. The number of halogens is 1. The van der Waals surface area contributed by atoms with Crippen LogP contribution in [0.3, 0.4) is 0 Å². The molecule has 1 aromatic heterocycles. The molecule has 0 N–H and O–H groups in total. The van der Waals surface area contributed by atoms with Crippen LogP contribution in [0.5, 0.6) is 0 Å². The Bertz CT molecular complexity index is 597. The van der Waals surface area contributed by atoms with Crippen LogP contribution in [0.2, 0.25) is 0 Å². The third kappa shape index (κ3) is 4.76. The molecule has 6 nitrogen and oxygen atoms in total. The summed E-state index contributed by atoms with van der Waals surface area (Å²) < 4.78 is 17.5. The second-order valence-electron chi connectivity index (χ2n) is 7.84. The fourth-order valence-corrected chi connectivity index (χ4v) is 3.94. The Kier molecular flexibility index (Phi) is 5.73. The van der Waals surface area contributed by atoms with Gasteiger partial charge in [-0.3, -0.25) is 0 Å². The number of likely N-dealkylation sites (tertiary alicyclic amines) is 1. The molecule has 2 aliphatic rings. The number of rotatable bonds is 2. The summed E-state index contributed by atoms with van der Waals surface area (Å²) in [5, 5.41) is 0. The van der Waals surface area contributed by atoms with Gasteiger partial charge in [0, 0.05) is 38.1 Å². The summed E-state index contributed by atoms with van der Waals surface area (Å²) in [5.41, 5.74) is 0.534. The zero-order chi connectivity index (χ0) is 18.0. The largest absolute Gasteiger partial charge is 0.444 e. The van der Waals surface area contributed by atoms with Gasteiger partial charge in [0.1, 0.15) is 5.60 Å².